The predicted molar refractivity (Wildman–Crippen MR) is 81.5 cm³/mol. The maximum Gasteiger partial charge on any atom is 0.00390 e. The molecule has 0 radical (unpaired) electrons. The molecule has 18 heavy (non-hydrogen) atoms. The van der Waals surface area contributed by atoms with Gasteiger partial charge in [0, 0.05) is 6.04 Å². The molecule has 2 atom stereocenters. The van der Waals surface area contributed by atoms with E-state index in [1.165, 1.54) is 38.5 Å². The lowest BCUT2D eigenvalue weighted by Gasteiger charge is -2.35. The third-order valence-corrected chi connectivity index (χ3v) is 5.07. The Morgan fingerprint density at radius 2 is 1.44 bits per heavy atom. The van der Waals surface area contributed by atoms with Crippen LogP contribution in [0.3, 0.4) is 0 Å². The Kier molecular flexibility index (Phi) is 6.70. The predicted octanol–water partition coefficient (Wildman–Crippen LogP) is 4.85. The lowest BCUT2D eigenvalue weighted by Crippen LogP contribution is -2.31. The van der Waals surface area contributed by atoms with Crippen molar-refractivity contribution in [2.24, 2.45) is 35.3 Å². The van der Waals surface area contributed by atoms with Gasteiger partial charge in [0.15, 0.2) is 0 Å². The van der Waals surface area contributed by atoms with Gasteiger partial charge in [-0.25, -0.2) is 0 Å². The molecule has 0 heterocycles. The van der Waals surface area contributed by atoms with Crippen molar-refractivity contribution in [1.82, 2.24) is 0 Å². The minimum absolute atomic E-state index is 0.489. The molecule has 0 saturated heterocycles. The Morgan fingerprint density at radius 3 is 1.89 bits per heavy atom. The summed E-state index contributed by atoms with van der Waals surface area (Å²) < 4.78 is 0. The topological polar surface area (TPSA) is 26.0 Å². The van der Waals surface area contributed by atoms with E-state index in [2.05, 4.69) is 34.6 Å². The van der Waals surface area contributed by atoms with Crippen LogP contribution in [-0.4, -0.2) is 6.04 Å². The standard InChI is InChI=1S/C17H35N/c1-12(2)10-16(11-14(5)13(3)4)15-6-8-17(18)9-7-15/h12-17H,6-11,18H2,1-5H3/t14-,15?,16?,17?/m0/s1. The van der Waals surface area contributed by atoms with Crippen LogP contribution >= 0.6 is 0 Å². The minimum Gasteiger partial charge on any atom is -0.328 e. The van der Waals surface area contributed by atoms with Crippen molar-refractivity contribution in [3.63, 3.8) is 0 Å². The molecule has 1 saturated carbocycles. The zero-order chi connectivity index (χ0) is 13.7. The van der Waals surface area contributed by atoms with Gasteiger partial charge in [-0.1, -0.05) is 34.6 Å². The van der Waals surface area contributed by atoms with Gasteiger partial charge < -0.3 is 5.73 Å². The first kappa shape index (κ1) is 16.0. The van der Waals surface area contributed by atoms with E-state index in [-0.39, 0.29) is 0 Å². The number of hydrogen-bond acceptors (Lipinski definition) is 1. The Labute approximate surface area is 115 Å². The maximum atomic E-state index is 6.05. The summed E-state index contributed by atoms with van der Waals surface area (Å²) in [5, 5.41) is 0. The lowest BCUT2D eigenvalue weighted by atomic mass is 9.71. The van der Waals surface area contributed by atoms with Gasteiger partial charge in [0.25, 0.3) is 0 Å². The van der Waals surface area contributed by atoms with Crippen LogP contribution in [0.1, 0.15) is 73.1 Å². The second kappa shape index (κ2) is 7.53. The summed E-state index contributed by atoms with van der Waals surface area (Å²) in [4.78, 5) is 0. The van der Waals surface area contributed by atoms with Crippen molar-refractivity contribution in [2.75, 3.05) is 0 Å². The molecule has 1 rings (SSSR count). The van der Waals surface area contributed by atoms with Crippen LogP contribution in [0.2, 0.25) is 0 Å². The third kappa shape index (κ3) is 5.30. The Morgan fingerprint density at radius 1 is 0.889 bits per heavy atom. The van der Waals surface area contributed by atoms with Gasteiger partial charge in [0.05, 0.1) is 0 Å². The van der Waals surface area contributed by atoms with Crippen LogP contribution in [0.25, 0.3) is 0 Å². The Bertz CT molecular complexity index is 214. The first-order valence-electron chi connectivity index (χ1n) is 8.15. The summed E-state index contributed by atoms with van der Waals surface area (Å²) in [6.07, 6.45) is 8.12. The molecule has 0 aromatic carbocycles. The summed E-state index contributed by atoms with van der Waals surface area (Å²) in [5.41, 5.74) is 6.05. The van der Waals surface area contributed by atoms with Crippen molar-refractivity contribution in [1.29, 1.82) is 0 Å². The molecule has 1 heteroatoms. The van der Waals surface area contributed by atoms with Gasteiger partial charge in [0.1, 0.15) is 0 Å². The molecule has 0 bridgehead atoms. The van der Waals surface area contributed by atoms with Gasteiger partial charge in [-0.05, 0) is 68.1 Å². The molecule has 1 fully saturated rings. The summed E-state index contributed by atoms with van der Waals surface area (Å²) in [6, 6.07) is 0.489. The number of rotatable bonds is 6. The average molecular weight is 253 g/mol. The van der Waals surface area contributed by atoms with Crippen LogP contribution in [0.15, 0.2) is 0 Å². The molecule has 1 aliphatic carbocycles. The van der Waals surface area contributed by atoms with Crippen LogP contribution in [-0.2, 0) is 0 Å². The second-order valence-electron chi connectivity index (χ2n) is 7.52. The smallest absolute Gasteiger partial charge is 0.00390 e. The Balaban J connectivity index is 2.54. The lowest BCUT2D eigenvalue weighted by molar-refractivity contribution is 0.165. The van der Waals surface area contributed by atoms with Crippen molar-refractivity contribution in [2.45, 2.75) is 79.2 Å². The fourth-order valence-corrected chi connectivity index (χ4v) is 3.45. The first-order chi connectivity index (χ1) is 8.40. The molecule has 0 amide bonds. The number of nitrogens with two attached hydrogens (primary N) is 1. The van der Waals surface area contributed by atoms with E-state index in [0.717, 1.165) is 29.6 Å². The molecule has 0 aromatic rings. The molecular formula is C17H35N. The van der Waals surface area contributed by atoms with E-state index in [9.17, 15) is 0 Å². The maximum absolute atomic E-state index is 6.05. The van der Waals surface area contributed by atoms with E-state index in [4.69, 9.17) is 5.73 Å². The van der Waals surface area contributed by atoms with Crippen LogP contribution in [0.4, 0.5) is 0 Å². The third-order valence-electron chi connectivity index (χ3n) is 5.07. The summed E-state index contributed by atoms with van der Waals surface area (Å²) >= 11 is 0. The zero-order valence-corrected chi connectivity index (χ0v) is 13.3. The SMILES string of the molecule is CC(C)CC(C[C@H](C)C(C)C)C1CCC(N)CC1. The summed E-state index contributed by atoms with van der Waals surface area (Å²) in [5.74, 6) is 4.42. The van der Waals surface area contributed by atoms with E-state index in [0.29, 0.717) is 6.04 Å². The van der Waals surface area contributed by atoms with E-state index in [1.54, 1.807) is 0 Å². The molecule has 2 N–H and O–H groups in total. The quantitative estimate of drug-likeness (QED) is 0.719. The molecule has 1 aliphatic rings. The van der Waals surface area contributed by atoms with Crippen LogP contribution < -0.4 is 5.73 Å². The van der Waals surface area contributed by atoms with Gasteiger partial charge >= 0.3 is 0 Å². The van der Waals surface area contributed by atoms with Crippen molar-refractivity contribution in [3.8, 4) is 0 Å². The highest BCUT2D eigenvalue weighted by Crippen LogP contribution is 2.37. The van der Waals surface area contributed by atoms with E-state index >= 15 is 0 Å². The van der Waals surface area contributed by atoms with Gasteiger partial charge in [-0.15, -0.1) is 0 Å². The first-order valence-corrected chi connectivity index (χ1v) is 8.15. The van der Waals surface area contributed by atoms with Crippen molar-refractivity contribution in [3.05, 3.63) is 0 Å². The fourth-order valence-electron chi connectivity index (χ4n) is 3.45. The number of hydrogen-bond donors (Lipinski definition) is 1. The second-order valence-corrected chi connectivity index (χ2v) is 7.52. The van der Waals surface area contributed by atoms with E-state index < -0.39 is 0 Å². The molecule has 0 aliphatic heterocycles. The van der Waals surface area contributed by atoms with Gasteiger partial charge in [-0.2, -0.15) is 0 Å². The molecule has 0 spiro atoms. The van der Waals surface area contributed by atoms with Gasteiger partial charge in [-0.3, -0.25) is 0 Å². The zero-order valence-electron chi connectivity index (χ0n) is 13.3. The van der Waals surface area contributed by atoms with Crippen LogP contribution in [0.5, 0.6) is 0 Å². The molecule has 0 aromatic heterocycles. The van der Waals surface area contributed by atoms with Gasteiger partial charge in [0.2, 0.25) is 0 Å². The largest absolute Gasteiger partial charge is 0.328 e. The van der Waals surface area contributed by atoms with Crippen molar-refractivity contribution >= 4 is 0 Å². The highest BCUT2D eigenvalue weighted by molar-refractivity contribution is 4.81. The molecule has 108 valence electrons. The normalized spacial score (nSPS) is 28.7. The van der Waals surface area contributed by atoms with E-state index in [1.807, 2.05) is 0 Å². The fraction of sp³-hybridized carbons (Fsp3) is 1.00. The van der Waals surface area contributed by atoms with Crippen LogP contribution in [0, 0.1) is 29.6 Å². The van der Waals surface area contributed by atoms with Crippen molar-refractivity contribution < 1.29 is 0 Å². The average Bonchev–Trinajstić information content (AvgIpc) is 2.28. The summed E-state index contributed by atoms with van der Waals surface area (Å²) in [7, 11) is 0. The monoisotopic (exact) mass is 253 g/mol. The molecule has 1 unspecified atom stereocenters. The Hall–Kier alpha value is -0.0400. The summed E-state index contributed by atoms with van der Waals surface area (Å²) in [6.45, 7) is 11.9. The molecular weight excluding hydrogens is 218 g/mol. The minimum atomic E-state index is 0.489. The highest BCUT2D eigenvalue weighted by Gasteiger charge is 2.28. The highest BCUT2D eigenvalue weighted by atomic mass is 14.6. The molecule has 1 nitrogen and oxygen atoms in total.